The molecule has 33 heavy (non-hydrogen) atoms. The van der Waals surface area contributed by atoms with Gasteiger partial charge in [-0.25, -0.2) is 0 Å². The molecule has 0 rings (SSSR count). The van der Waals surface area contributed by atoms with Crippen molar-refractivity contribution in [2.24, 2.45) is 0 Å². The number of rotatable bonds is 29. The minimum atomic E-state index is 1.19. The molecule has 0 spiro atoms. The Morgan fingerprint density at radius 2 is 0.606 bits per heavy atom. The van der Waals surface area contributed by atoms with Gasteiger partial charge >= 0.3 is 0 Å². The number of hydrogen-bond donors (Lipinski definition) is 0. The third-order valence-electron chi connectivity index (χ3n) is 7.22. The van der Waals surface area contributed by atoms with Gasteiger partial charge in [0.1, 0.15) is 0 Å². The minimum Gasteiger partial charge on any atom is -0.0845 e. The highest BCUT2D eigenvalue weighted by Gasteiger charge is 1.96. The van der Waals surface area contributed by atoms with Crippen molar-refractivity contribution in [3.63, 3.8) is 0 Å². The maximum atomic E-state index is 5.33. The molecule has 0 aromatic carbocycles. The molecule has 0 unspecified atom stereocenters. The van der Waals surface area contributed by atoms with Gasteiger partial charge in [-0.3, -0.25) is 0 Å². The van der Waals surface area contributed by atoms with Crippen LogP contribution in [-0.4, -0.2) is 0 Å². The van der Waals surface area contributed by atoms with Gasteiger partial charge in [0.2, 0.25) is 0 Å². The van der Waals surface area contributed by atoms with Crippen LogP contribution < -0.4 is 0 Å². The molecule has 0 saturated carbocycles. The van der Waals surface area contributed by atoms with Gasteiger partial charge in [-0.1, -0.05) is 199 Å². The summed E-state index contributed by atoms with van der Waals surface area (Å²) in [4.78, 5) is 0. The summed E-state index contributed by atoms with van der Waals surface area (Å²) in [7, 11) is 0. The van der Waals surface area contributed by atoms with E-state index in [1.54, 1.807) is 6.08 Å². The molecule has 0 saturated heterocycles. The van der Waals surface area contributed by atoms with E-state index in [-0.39, 0.29) is 0 Å². The lowest BCUT2D eigenvalue weighted by atomic mass is 10.0. The number of allylic oxidation sites excluding steroid dienone is 3. The van der Waals surface area contributed by atoms with E-state index >= 15 is 0 Å². The van der Waals surface area contributed by atoms with E-state index in [4.69, 9.17) is 6.58 Å². The lowest BCUT2D eigenvalue weighted by Crippen LogP contribution is -1.84. The second kappa shape index (κ2) is 31.5. The molecule has 0 heterocycles. The van der Waals surface area contributed by atoms with Crippen LogP contribution in [0.25, 0.3) is 0 Å². The summed E-state index contributed by atoms with van der Waals surface area (Å²) < 4.78 is 0. The monoisotopic (exact) mass is 459 g/mol. The molecule has 0 aliphatic carbocycles. The Balaban J connectivity index is 3.01. The zero-order chi connectivity index (χ0) is 23.9. The average Bonchev–Trinajstić information content (AvgIpc) is 2.83. The summed E-state index contributed by atoms with van der Waals surface area (Å²) in [6.07, 6.45) is 46.4. The van der Waals surface area contributed by atoms with E-state index < -0.39 is 0 Å². The highest BCUT2D eigenvalue weighted by molar-refractivity contribution is 4.95. The Hall–Kier alpha value is -0.520. The van der Waals surface area contributed by atoms with Crippen molar-refractivity contribution in [3.05, 3.63) is 24.8 Å². The Kier molecular flexibility index (Phi) is 31.0. The summed E-state index contributed by atoms with van der Waals surface area (Å²) in [6, 6.07) is 0. The molecule has 0 aliphatic heterocycles. The first-order valence-electron chi connectivity index (χ1n) is 15.6. The lowest BCUT2D eigenvalue weighted by Gasteiger charge is -2.04. The van der Waals surface area contributed by atoms with E-state index in [1.807, 2.05) is 6.08 Å². The van der Waals surface area contributed by atoms with E-state index in [9.17, 15) is 0 Å². The molecule has 0 fully saturated rings. The van der Waals surface area contributed by atoms with Gasteiger partial charge in [0.15, 0.2) is 0 Å². The first-order valence-corrected chi connectivity index (χ1v) is 15.6. The maximum Gasteiger partial charge on any atom is -0.0348 e. The topological polar surface area (TPSA) is 0 Å². The predicted octanol–water partition coefficient (Wildman–Crippen LogP) is 12.5. The van der Waals surface area contributed by atoms with Crippen molar-refractivity contribution in [1.82, 2.24) is 0 Å². The molecule has 0 aromatic rings. The normalized spacial score (nSPS) is 11.5. The first-order chi connectivity index (χ1) is 16.4. The molecule has 0 aromatic heterocycles. The molecule has 0 atom stereocenters. The van der Waals surface area contributed by atoms with Crippen molar-refractivity contribution in [2.45, 2.75) is 187 Å². The molecule has 195 valence electrons. The summed E-state index contributed by atoms with van der Waals surface area (Å²) in [5.41, 5.74) is 0. The molecule has 0 amide bonds. The van der Waals surface area contributed by atoms with Gasteiger partial charge < -0.3 is 0 Å². The molecule has 0 bridgehead atoms. The van der Waals surface area contributed by atoms with Crippen LogP contribution in [0.1, 0.15) is 187 Å². The Bertz CT molecular complexity index is 366. The molecule has 0 nitrogen and oxygen atoms in total. The van der Waals surface area contributed by atoms with Crippen molar-refractivity contribution in [1.29, 1.82) is 0 Å². The average molecular weight is 460 g/mol. The largest absolute Gasteiger partial charge is 0.0845 e. The maximum absolute atomic E-state index is 5.33. The van der Waals surface area contributed by atoms with Gasteiger partial charge in [-0.05, 0) is 12.8 Å². The number of hydrogen-bond acceptors (Lipinski definition) is 0. The van der Waals surface area contributed by atoms with Crippen molar-refractivity contribution >= 4 is 0 Å². The molecule has 0 heteroatoms. The smallest absolute Gasteiger partial charge is 0.0348 e. The summed E-state index contributed by atoms with van der Waals surface area (Å²) in [5, 5.41) is 0. The van der Waals surface area contributed by atoms with E-state index in [2.05, 4.69) is 13.0 Å². The van der Waals surface area contributed by atoms with Crippen LogP contribution in [-0.2, 0) is 0 Å². The summed E-state index contributed by atoms with van der Waals surface area (Å²) in [6.45, 7) is 7.63. The molecular weight excluding hydrogens is 396 g/mol. The van der Waals surface area contributed by atoms with Crippen molar-refractivity contribution in [3.8, 4) is 0 Å². The van der Waals surface area contributed by atoms with Crippen LogP contribution in [0.5, 0.6) is 0 Å². The van der Waals surface area contributed by atoms with E-state index in [0.717, 1.165) is 0 Å². The summed E-state index contributed by atoms with van der Waals surface area (Å²) >= 11 is 0. The van der Waals surface area contributed by atoms with Crippen LogP contribution in [0, 0.1) is 6.58 Å². The molecular formula is C33H63. The van der Waals surface area contributed by atoms with Gasteiger partial charge in [0.25, 0.3) is 0 Å². The van der Waals surface area contributed by atoms with Gasteiger partial charge in [-0.2, -0.15) is 0 Å². The zero-order valence-electron chi connectivity index (χ0n) is 23.1. The van der Waals surface area contributed by atoms with Crippen LogP contribution in [0.15, 0.2) is 18.2 Å². The summed E-state index contributed by atoms with van der Waals surface area (Å²) in [5.74, 6) is 0. The first kappa shape index (κ1) is 32.5. The molecule has 0 N–H and O–H groups in total. The Morgan fingerprint density at radius 1 is 0.364 bits per heavy atom. The fraction of sp³-hybridized carbons (Fsp3) is 0.879. The van der Waals surface area contributed by atoms with Crippen LogP contribution in [0.4, 0.5) is 0 Å². The van der Waals surface area contributed by atoms with Crippen LogP contribution in [0.2, 0.25) is 0 Å². The van der Waals surface area contributed by atoms with E-state index in [1.165, 1.54) is 180 Å². The third kappa shape index (κ3) is 31.5. The number of unbranched alkanes of at least 4 members (excludes halogenated alkanes) is 27. The highest BCUT2D eigenvalue weighted by atomic mass is 14.0. The minimum absolute atomic E-state index is 1.19. The van der Waals surface area contributed by atoms with Crippen LogP contribution in [0.3, 0.4) is 0 Å². The van der Waals surface area contributed by atoms with Crippen LogP contribution >= 0.6 is 0 Å². The van der Waals surface area contributed by atoms with Crippen molar-refractivity contribution < 1.29 is 0 Å². The fourth-order valence-electron chi connectivity index (χ4n) is 4.93. The fourth-order valence-corrected chi connectivity index (χ4v) is 4.93. The second-order valence-corrected chi connectivity index (χ2v) is 10.6. The lowest BCUT2D eigenvalue weighted by molar-refractivity contribution is 0.515. The molecule has 0 aliphatic rings. The Labute approximate surface area is 211 Å². The standard InChI is InChI=1S/C33H63/c1-3-5-7-9-11-13-15-17-19-21-23-25-27-29-31-33-32-30-28-26-24-22-20-18-16-14-12-10-8-6-4-2/h1,3,5,7H,4,6,8-33H2,2H3/b3-1?,7-5+. The quantitative estimate of drug-likeness (QED) is 0.0770. The van der Waals surface area contributed by atoms with Gasteiger partial charge in [0.05, 0.1) is 0 Å². The zero-order valence-corrected chi connectivity index (χ0v) is 23.1. The third-order valence-corrected chi connectivity index (χ3v) is 7.22. The van der Waals surface area contributed by atoms with E-state index in [0.29, 0.717) is 0 Å². The molecule has 1 radical (unpaired) electrons. The van der Waals surface area contributed by atoms with Gasteiger partial charge in [0, 0.05) is 0 Å². The second-order valence-electron chi connectivity index (χ2n) is 10.6. The van der Waals surface area contributed by atoms with Gasteiger partial charge in [-0.15, -0.1) is 0 Å². The van der Waals surface area contributed by atoms with Crippen molar-refractivity contribution in [2.75, 3.05) is 0 Å². The highest BCUT2D eigenvalue weighted by Crippen LogP contribution is 2.16. The SMILES string of the molecule is [CH]=C/C=C/CCCCCCCCCCCCCCCCCCCCCCCCCCCCC. The predicted molar refractivity (Wildman–Crippen MR) is 153 cm³/mol. The Morgan fingerprint density at radius 3 is 0.848 bits per heavy atom.